The van der Waals surface area contributed by atoms with Crippen LogP contribution in [-0.4, -0.2) is 6.17 Å². The SMILES string of the molecule is CCCCCCCC=Cc1ccc(-c2ccc(C3CCC(F)CC3)cc2)c(F)c1F. The van der Waals surface area contributed by atoms with Crippen LogP contribution < -0.4 is 0 Å². The van der Waals surface area contributed by atoms with Crippen molar-refractivity contribution in [2.24, 2.45) is 0 Å². The van der Waals surface area contributed by atoms with Gasteiger partial charge in [-0.2, -0.15) is 0 Å². The van der Waals surface area contributed by atoms with Crippen molar-refractivity contribution in [3.05, 3.63) is 65.2 Å². The molecular formula is C27H33F3. The average molecular weight is 415 g/mol. The summed E-state index contributed by atoms with van der Waals surface area (Å²) in [5.74, 6) is -1.23. The molecule has 162 valence electrons. The Hall–Kier alpha value is -2.03. The summed E-state index contributed by atoms with van der Waals surface area (Å²) < 4.78 is 42.6. The van der Waals surface area contributed by atoms with E-state index in [1.807, 2.05) is 30.3 Å². The predicted octanol–water partition coefficient (Wildman–Crippen LogP) is 9.00. The lowest BCUT2D eigenvalue weighted by molar-refractivity contribution is 0.235. The second-order valence-electron chi connectivity index (χ2n) is 8.51. The highest BCUT2D eigenvalue weighted by Gasteiger charge is 2.22. The molecule has 0 heterocycles. The van der Waals surface area contributed by atoms with Crippen LogP contribution in [0.2, 0.25) is 0 Å². The van der Waals surface area contributed by atoms with E-state index in [1.165, 1.54) is 25.7 Å². The zero-order valence-corrected chi connectivity index (χ0v) is 18.0. The fourth-order valence-corrected chi connectivity index (χ4v) is 4.31. The highest BCUT2D eigenvalue weighted by Crippen LogP contribution is 2.35. The number of hydrogen-bond acceptors (Lipinski definition) is 0. The zero-order valence-electron chi connectivity index (χ0n) is 18.0. The second-order valence-corrected chi connectivity index (χ2v) is 8.51. The first-order chi connectivity index (χ1) is 14.6. The molecule has 3 rings (SSSR count). The number of unbranched alkanes of at least 4 members (excludes halogenated alkanes) is 5. The average Bonchev–Trinajstić information content (AvgIpc) is 2.77. The molecule has 0 unspecified atom stereocenters. The summed E-state index contributed by atoms with van der Waals surface area (Å²) in [5, 5.41) is 0. The second kappa shape index (κ2) is 11.4. The third kappa shape index (κ3) is 6.00. The van der Waals surface area contributed by atoms with Crippen molar-refractivity contribution < 1.29 is 13.2 Å². The van der Waals surface area contributed by atoms with Crippen LogP contribution >= 0.6 is 0 Å². The van der Waals surface area contributed by atoms with Gasteiger partial charge in [-0.25, -0.2) is 13.2 Å². The van der Waals surface area contributed by atoms with Crippen LogP contribution in [0.1, 0.15) is 88.2 Å². The minimum atomic E-state index is -0.800. The quantitative estimate of drug-likeness (QED) is 0.359. The van der Waals surface area contributed by atoms with Gasteiger partial charge < -0.3 is 0 Å². The molecule has 1 aliphatic carbocycles. The normalized spacial score (nSPS) is 19.5. The molecule has 0 saturated heterocycles. The van der Waals surface area contributed by atoms with Gasteiger partial charge in [0.05, 0.1) is 0 Å². The Kier molecular flexibility index (Phi) is 8.60. The summed E-state index contributed by atoms with van der Waals surface area (Å²) in [6.45, 7) is 2.19. The van der Waals surface area contributed by atoms with Crippen LogP contribution in [0, 0.1) is 11.6 Å². The van der Waals surface area contributed by atoms with Crippen LogP contribution in [0.5, 0.6) is 0 Å². The Labute approximate surface area is 179 Å². The molecule has 0 bridgehead atoms. The maximum Gasteiger partial charge on any atom is 0.167 e. The zero-order chi connectivity index (χ0) is 21.3. The lowest BCUT2D eigenvalue weighted by Crippen LogP contribution is -2.13. The number of hydrogen-bond donors (Lipinski definition) is 0. The fraction of sp³-hybridized carbons (Fsp3) is 0.481. The molecular weight excluding hydrogens is 381 g/mol. The Balaban J connectivity index is 1.63. The number of rotatable bonds is 9. The van der Waals surface area contributed by atoms with Crippen LogP contribution in [0.3, 0.4) is 0 Å². The Bertz CT molecular complexity index is 815. The molecule has 0 atom stereocenters. The minimum absolute atomic E-state index is 0.281. The molecule has 2 aromatic carbocycles. The monoisotopic (exact) mass is 414 g/mol. The van der Waals surface area contributed by atoms with Gasteiger partial charge >= 0.3 is 0 Å². The van der Waals surface area contributed by atoms with E-state index in [-0.39, 0.29) is 5.56 Å². The molecule has 1 saturated carbocycles. The predicted molar refractivity (Wildman–Crippen MR) is 120 cm³/mol. The standard InChI is InChI=1S/C27H33F3/c1-2-3-4-5-6-7-8-9-23-16-19-25(27(30)26(23)29)22-12-10-20(11-13-22)21-14-17-24(28)18-15-21/h8-13,16,19,21,24H,2-7,14-15,17-18H2,1H3. The topological polar surface area (TPSA) is 0 Å². The Morgan fingerprint density at radius 3 is 2.23 bits per heavy atom. The van der Waals surface area contributed by atoms with Crippen molar-refractivity contribution in [1.29, 1.82) is 0 Å². The summed E-state index contributed by atoms with van der Waals surface area (Å²) >= 11 is 0. The smallest absolute Gasteiger partial charge is 0.167 e. The van der Waals surface area contributed by atoms with Crippen molar-refractivity contribution in [3.63, 3.8) is 0 Å². The molecule has 1 aliphatic rings. The molecule has 0 radical (unpaired) electrons. The van der Waals surface area contributed by atoms with Gasteiger partial charge in [-0.05, 0) is 55.6 Å². The van der Waals surface area contributed by atoms with Crippen molar-refractivity contribution in [1.82, 2.24) is 0 Å². The van der Waals surface area contributed by atoms with Crippen LogP contribution in [-0.2, 0) is 0 Å². The van der Waals surface area contributed by atoms with Gasteiger partial charge in [-0.3, -0.25) is 0 Å². The van der Waals surface area contributed by atoms with E-state index in [9.17, 15) is 13.2 Å². The van der Waals surface area contributed by atoms with E-state index in [1.54, 1.807) is 18.2 Å². The number of benzene rings is 2. The first-order valence-corrected chi connectivity index (χ1v) is 11.5. The molecule has 0 N–H and O–H groups in total. The Morgan fingerprint density at radius 1 is 0.833 bits per heavy atom. The molecule has 3 heteroatoms. The molecule has 0 aromatic heterocycles. The lowest BCUT2D eigenvalue weighted by Gasteiger charge is -2.24. The summed E-state index contributed by atoms with van der Waals surface area (Å²) in [4.78, 5) is 0. The Morgan fingerprint density at radius 2 is 1.53 bits per heavy atom. The third-order valence-electron chi connectivity index (χ3n) is 6.23. The summed E-state index contributed by atoms with van der Waals surface area (Å²) in [6.07, 6.45) is 12.7. The van der Waals surface area contributed by atoms with Crippen molar-refractivity contribution in [2.45, 2.75) is 83.2 Å². The molecule has 30 heavy (non-hydrogen) atoms. The van der Waals surface area contributed by atoms with E-state index in [2.05, 4.69) is 6.92 Å². The highest BCUT2D eigenvalue weighted by molar-refractivity contribution is 5.67. The number of alkyl halides is 1. The van der Waals surface area contributed by atoms with Gasteiger partial charge in [0.1, 0.15) is 6.17 Å². The van der Waals surface area contributed by atoms with Crippen LogP contribution in [0.4, 0.5) is 13.2 Å². The fourth-order valence-electron chi connectivity index (χ4n) is 4.31. The highest BCUT2D eigenvalue weighted by atomic mass is 19.2. The van der Waals surface area contributed by atoms with Gasteiger partial charge in [0.15, 0.2) is 11.6 Å². The van der Waals surface area contributed by atoms with E-state index in [0.717, 1.165) is 31.2 Å². The van der Waals surface area contributed by atoms with Crippen LogP contribution in [0.15, 0.2) is 42.5 Å². The first-order valence-electron chi connectivity index (χ1n) is 11.5. The third-order valence-corrected chi connectivity index (χ3v) is 6.23. The van der Waals surface area contributed by atoms with E-state index < -0.39 is 17.8 Å². The summed E-state index contributed by atoms with van der Waals surface area (Å²) in [7, 11) is 0. The van der Waals surface area contributed by atoms with Gasteiger partial charge in [0.2, 0.25) is 0 Å². The molecule has 1 fully saturated rings. The lowest BCUT2D eigenvalue weighted by atomic mass is 9.83. The van der Waals surface area contributed by atoms with Gasteiger partial charge in [0, 0.05) is 11.1 Å². The minimum Gasteiger partial charge on any atom is -0.247 e. The van der Waals surface area contributed by atoms with E-state index in [4.69, 9.17) is 0 Å². The molecule has 0 amide bonds. The van der Waals surface area contributed by atoms with E-state index >= 15 is 0 Å². The number of allylic oxidation sites excluding steroid dienone is 1. The summed E-state index contributed by atoms with van der Waals surface area (Å²) in [5.41, 5.74) is 2.40. The van der Waals surface area contributed by atoms with Gasteiger partial charge in [-0.15, -0.1) is 0 Å². The van der Waals surface area contributed by atoms with Crippen molar-refractivity contribution in [2.75, 3.05) is 0 Å². The maximum atomic E-state index is 14.7. The first kappa shape index (κ1) is 22.7. The van der Waals surface area contributed by atoms with Crippen molar-refractivity contribution in [3.8, 4) is 11.1 Å². The molecule has 0 nitrogen and oxygen atoms in total. The van der Waals surface area contributed by atoms with E-state index in [0.29, 0.717) is 29.9 Å². The molecule has 0 spiro atoms. The van der Waals surface area contributed by atoms with Gasteiger partial charge in [-0.1, -0.05) is 81.2 Å². The molecule has 2 aromatic rings. The maximum absolute atomic E-state index is 14.7. The summed E-state index contributed by atoms with van der Waals surface area (Å²) in [6, 6.07) is 11.0. The van der Waals surface area contributed by atoms with Crippen molar-refractivity contribution >= 4 is 6.08 Å². The van der Waals surface area contributed by atoms with Gasteiger partial charge in [0.25, 0.3) is 0 Å². The van der Waals surface area contributed by atoms with Crippen LogP contribution in [0.25, 0.3) is 17.2 Å². The molecule has 0 aliphatic heterocycles. The largest absolute Gasteiger partial charge is 0.247 e. The number of halogens is 3.